The largest absolute Gasteiger partial charge is 0.353 e. The fraction of sp³-hybridized carbons (Fsp3) is 0.267. The number of hydrogen-bond donors (Lipinski definition) is 1. The molecule has 0 bridgehead atoms. The zero-order valence-corrected chi connectivity index (χ0v) is 11.9. The van der Waals surface area contributed by atoms with Crippen molar-refractivity contribution in [3.05, 3.63) is 42.5 Å². The predicted octanol–water partition coefficient (Wildman–Crippen LogP) is 1.64. The molecule has 1 aliphatic heterocycles. The van der Waals surface area contributed by atoms with E-state index in [0.29, 0.717) is 24.6 Å². The van der Waals surface area contributed by atoms with Crippen molar-refractivity contribution in [2.24, 2.45) is 0 Å². The molecule has 6 nitrogen and oxygen atoms in total. The molecule has 0 atom stereocenters. The SMILES string of the molecule is O=CN1CCN(c2cc(Nc3ccccc3F)ncn2)CC1. The van der Waals surface area contributed by atoms with Crippen LogP contribution in [0.1, 0.15) is 0 Å². The van der Waals surface area contributed by atoms with Crippen LogP contribution in [-0.2, 0) is 4.79 Å². The van der Waals surface area contributed by atoms with Crippen LogP contribution in [0.5, 0.6) is 0 Å². The van der Waals surface area contributed by atoms with Crippen LogP contribution in [0.4, 0.5) is 21.7 Å². The van der Waals surface area contributed by atoms with Crippen LogP contribution in [0.2, 0.25) is 0 Å². The average Bonchev–Trinajstić information content (AvgIpc) is 2.57. The van der Waals surface area contributed by atoms with Crippen LogP contribution in [0, 0.1) is 5.82 Å². The van der Waals surface area contributed by atoms with E-state index in [2.05, 4.69) is 20.2 Å². The minimum atomic E-state index is -0.331. The number of carbonyl (C=O) groups excluding carboxylic acids is 1. The van der Waals surface area contributed by atoms with Crippen molar-refractivity contribution in [1.82, 2.24) is 14.9 Å². The number of amides is 1. The van der Waals surface area contributed by atoms with Crippen LogP contribution >= 0.6 is 0 Å². The Morgan fingerprint density at radius 1 is 1.14 bits per heavy atom. The van der Waals surface area contributed by atoms with E-state index in [1.807, 2.05) is 0 Å². The van der Waals surface area contributed by atoms with E-state index in [0.717, 1.165) is 25.3 Å². The van der Waals surface area contributed by atoms with Crippen LogP contribution in [-0.4, -0.2) is 47.5 Å². The number of nitrogens with zero attached hydrogens (tertiary/aromatic N) is 4. The smallest absolute Gasteiger partial charge is 0.209 e. The summed E-state index contributed by atoms with van der Waals surface area (Å²) in [5.74, 6) is 0.967. The van der Waals surface area contributed by atoms with Gasteiger partial charge in [-0.15, -0.1) is 0 Å². The van der Waals surface area contributed by atoms with Crippen LogP contribution in [0.15, 0.2) is 36.7 Å². The summed E-state index contributed by atoms with van der Waals surface area (Å²) >= 11 is 0. The predicted molar refractivity (Wildman–Crippen MR) is 81.6 cm³/mol. The molecule has 2 aromatic rings. The molecular formula is C15H16FN5O. The lowest BCUT2D eigenvalue weighted by Gasteiger charge is -2.33. The van der Waals surface area contributed by atoms with E-state index in [4.69, 9.17) is 0 Å². The van der Waals surface area contributed by atoms with Crippen molar-refractivity contribution in [3.63, 3.8) is 0 Å². The number of para-hydroxylation sites is 1. The zero-order valence-electron chi connectivity index (χ0n) is 11.9. The van der Waals surface area contributed by atoms with Gasteiger partial charge in [-0.05, 0) is 12.1 Å². The number of halogens is 1. The summed E-state index contributed by atoms with van der Waals surface area (Å²) in [6, 6.07) is 8.22. The third-order valence-corrected chi connectivity index (χ3v) is 3.58. The second kappa shape index (κ2) is 6.38. The summed E-state index contributed by atoms with van der Waals surface area (Å²) in [6.45, 7) is 2.77. The molecule has 0 saturated carbocycles. The van der Waals surface area contributed by atoms with Gasteiger partial charge in [-0.2, -0.15) is 0 Å². The number of rotatable bonds is 4. The Morgan fingerprint density at radius 3 is 2.64 bits per heavy atom. The van der Waals surface area contributed by atoms with Gasteiger partial charge in [0.15, 0.2) is 0 Å². The van der Waals surface area contributed by atoms with Gasteiger partial charge in [-0.1, -0.05) is 12.1 Å². The number of benzene rings is 1. The molecule has 1 amide bonds. The molecule has 22 heavy (non-hydrogen) atoms. The van der Waals surface area contributed by atoms with Crippen LogP contribution in [0.3, 0.4) is 0 Å². The molecule has 1 N–H and O–H groups in total. The first-order valence-electron chi connectivity index (χ1n) is 7.04. The molecule has 2 heterocycles. The minimum absolute atomic E-state index is 0.331. The fourth-order valence-corrected chi connectivity index (χ4v) is 2.35. The van der Waals surface area contributed by atoms with Crippen molar-refractivity contribution in [2.75, 3.05) is 36.4 Å². The van der Waals surface area contributed by atoms with E-state index in [-0.39, 0.29) is 5.82 Å². The van der Waals surface area contributed by atoms with E-state index >= 15 is 0 Å². The van der Waals surface area contributed by atoms with Crippen molar-refractivity contribution in [2.45, 2.75) is 0 Å². The zero-order chi connectivity index (χ0) is 15.4. The lowest BCUT2D eigenvalue weighted by atomic mass is 10.3. The molecule has 1 saturated heterocycles. The topological polar surface area (TPSA) is 61.4 Å². The highest BCUT2D eigenvalue weighted by Gasteiger charge is 2.17. The number of piperazine rings is 1. The van der Waals surface area contributed by atoms with Crippen LogP contribution in [0.25, 0.3) is 0 Å². The molecule has 0 radical (unpaired) electrons. The van der Waals surface area contributed by atoms with Gasteiger partial charge in [0.1, 0.15) is 23.8 Å². The molecule has 0 spiro atoms. The van der Waals surface area contributed by atoms with E-state index in [9.17, 15) is 9.18 Å². The Balaban J connectivity index is 1.73. The van der Waals surface area contributed by atoms with E-state index in [1.54, 1.807) is 29.2 Å². The Labute approximate surface area is 127 Å². The first-order chi connectivity index (χ1) is 10.8. The van der Waals surface area contributed by atoms with Crippen molar-refractivity contribution in [3.8, 4) is 0 Å². The number of carbonyl (C=O) groups is 1. The minimum Gasteiger partial charge on any atom is -0.353 e. The van der Waals surface area contributed by atoms with Gasteiger partial charge in [0.25, 0.3) is 0 Å². The Morgan fingerprint density at radius 2 is 1.91 bits per heavy atom. The monoisotopic (exact) mass is 301 g/mol. The third kappa shape index (κ3) is 3.13. The summed E-state index contributed by atoms with van der Waals surface area (Å²) in [5, 5.41) is 2.95. The molecule has 1 aromatic carbocycles. The molecular weight excluding hydrogens is 285 g/mol. The molecule has 7 heteroatoms. The van der Waals surface area contributed by atoms with Gasteiger partial charge in [-0.25, -0.2) is 14.4 Å². The third-order valence-electron chi connectivity index (χ3n) is 3.58. The second-order valence-corrected chi connectivity index (χ2v) is 4.99. The van der Waals surface area contributed by atoms with Gasteiger partial charge in [0.2, 0.25) is 6.41 Å². The maximum absolute atomic E-state index is 13.7. The summed E-state index contributed by atoms with van der Waals surface area (Å²) in [7, 11) is 0. The summed E-state index contributed by atoms with van der Waals surface area (Å²) in [4.78, 5) is 22.9. The van der Waals surface area contributed by atoms with Gasteiger partial charge in [-0.3, -0.25) is 4.79 Å². The molecule has 1 fully saturated rings. The highest BCUT2D eigenvalue weighted by atomic mass is 19.1. The highest BCUT2D eigenvalue weighted by molar-refractivity contribution is 5.60. The molecule has 0 aliphatic carbocycles. The maximum atomic E-state index is 13.7. The van der Waals surface area contributed by atoms with Gasteiger partial charge in [0, 0.05) is 32.2 Å². The Kier molecular flexibility index (Phi) is 4.13. The van der Waals surface area contributed by atoms with Gasteiger partial charge in [0.05, 0.1) is 5.69 Å². The summed E-state index contributed by atoms with van der Waals surface area (Å²) < 4.78 is 13.7. The van der Waals surface area contributed by atoms with Crippen molar-refractivity contribution >= 4 is 23.7 Å². The number of aromatic nitrogens is 2. The lowest BCUT2D eigenvalue weighted by molar-refractivity contribution is -0.118. The number of anilines is 3. The van der Waals surface area contributed by atoms with Gasteiger partial charge >= 0.3 is 0 Å². The fourth-order valence-electron chi connectivity index (χ4n) is 2.35. The standard InChI is InChI=1S/C15H16FN5O/c16-12-3-1-2-4-13(12)19-14-9-15(18-10-17-14)21-7-5-20(11-22)6-8-21/h1-4,9-11H,5-8H2,(H,17,18,19). The average molecular weight is 301 g/mol. The second-order valence-electron chi connectivity index (χ2n) is 4.99. The molecule has 1 aliphatic rings. The molecule has 0 unspecified atom stereocenters. The van der Waals surface area contributed by atoms with Gasteiger partial charge < -0.3 is 15.1 Å². The van der Waals surface area contributed by atoms with Crippen LogP contribution < -0.4 is 10.2 Å². The molecule has 114 valence electrons. The quantitative estimate of drug-likeness (QED) is 0.870. The summed E-state index contributed by atoms with van der Waals surface area (Å²) in [6.07, 6.45) is 2.31. The van der Waals surface area contributed by atoms with E-state index < -0.39 is 0 Å². The first kappa shape index (κ1) is 14.2. The first-order valence-corrected chi connectivity index (χ1v) is 7.04. The molecule has 3 rings (SSSR count). The molecule has 1 aromatic heterocycles. The lowest BCUT2D eigenvalue weighted by Crippen LogP contribution is -2.46. The Bertz CT molecular complexity index is 658. The normalized spacial score (nSPS) is 14.8. The van der Waals surface area contributed by atoms with Crippen molar-refractivity contribution in [1.29, 1.82) is 0 Å². The van der Waals surface area contributed by atoms with E-state index in [1.165, 1.54) is 12.4 Å². The highest BCUT2D eigenvalue weighted by Crippen LogP contribution is 2.21. The maximum Gasteiger partial charge on any atom is 0.209 e. The Hall–Kier alpha value is -2.70. The van der Waals surface area contributed by atoms with Crippen molar-refractivity contribution < 1.29 is 9.18 Å². The number of nitrogens with one attached hydrogen (secondary N) is 1. The number of hydrogen-bond acceptors (Lipinski definition) is 5. The summed E-state index contributed by atoms with van der Waals surface area (Å²) in [5.41, 5.74) is 0.373.